The van der Waals surface area contributed by atoms with Crippen molar-refractivity contribution in [3.63, 3.8) is 0 Å². The summed E-state index contributed by atoms with van der Waals surface area (Å²) in [5.74, 6) is 4.86. The second kappa shape index (κ2) is 3.16. The Bertz CT molecular complexity index is 251. The molecular formula is C9H13NO2. The molecule has 1 atom stereocenters. The maximum absolute atomic E-state index is 11.4. The van der Waals surface area contributed by atoms with Gasteiger partial charge < -0.3 is 10.0 Å². The van der Waals surface area contributed by atoms with Crippen LogP contribution in [0.3, 0.4) is 0 Å². The average molecular weight is 167 g/mol. The summed E-state index contributed by atoms with van der Waals surface area (Å²) in [5, 5.41) is 9.75. The van der Waals surface area contributed by atoms with E-state index in [1.165, 1.54) is 4.90 Å². The SMILES string of the molecule is CC#CC1(O)CCCN(C)C1=O. The van der Waals surface area contributed by atoms with Crippen LogP contribution in [0.15, 0.2) is 0 Å². The Morgan fingerprint density at radius 3 is 2.92 bits per heavy atom. The molecule has 1 N–H and O–H groups in total. The van der Waals surface area contributed by atoms with Crippen LogP contribution in [0.2, 0.25) is 0 Å². The summed E-state index contributed by atoms with van der Waals surface area (Å²) in [6, 6.07) is 0. The maximum atomic E-state index is 11.4. The van der Waals surface area contributed by atoms with E-state index in [-0.39, 0.29) is 5.91 Å². The minimum Gasteiger partial charge on any atom is -0.369 e. The van der Waals surface area contributed by atoms with Gasteiger partial charge >= 0.3 is 0 Å². The quantitative estimate of drug-likeness (QED) is 0.516. The number of likely N-dealkylation sites (tertiary alicyclic amines) is 1. The van der Waals surface area contributed by atoms with Crippen LogP contribution in [-0.2, 0) is 4.79 Å². The van der Waals surface area contributed by atoms with Crippen molar-refractivity contribution in [3.05, 3.63) is 0 Å². The van der Waals surface area contributed by atoms with Gasteiger partial charge in [0.1, 0.15) is 0 Å². The monoisotopic (exact) mass is 167 g/mol. The second-order valence-corrected chi connectivity index (χ2v) is 3.07. The fourth-order valence-corrected chi connectivity index (χ4v) is 1.42. The maximum Gasteiger partial charge on any atom is 0.266 e. The van der Waals surface area contributed by atoms with Crippen molar-refractivity contribution in [1.29, 1.82) is 0 Å². The fraction of sp³-hybridized carbons (Fsp3) is 0.667. The molecule has 1 heterocycles. The molecule has 0 aromatic heterocycles. The number of aliphatic hydroxyl groups is 1. The third kappa shape index (κ3) is 1.44. The van der Waals surface area contributed by atoms with Gasteiger partial charge in [0.2, 0.25) is 5.60 Å². The van der Waals surface area contributed by atoms with E-state index in [2.05, 4.69) is 11.8 Å². The number of likely N-dealkylation sites (N-methyl/N-ethyl adjacent to an activating group) is 1. The first-order chi connectivity index (χ1) is 5.60. The molecule has 12 heavy (non-hydrogen) atoms. The summed E-state index contributed by atoms with van der Waals surface area (Å²) >= 11 is 0. The van der Waals surface area contributed by atoms with E-state index in [1.54, 1.807) is 14.0 Å². The predicted octanol–water partition coefficient (Wildman–Crippen LogP) is -0.00700. The highest BCUT2D eigenvalue weighted by Gasteiger charge is 2.39. The van der Waals surface area contributed by atoms with E-state index in [4.69, 9.17) is 0 Å². The Balaban J connectivity index is 2.86. The second-order valence-electron chi connectivity index (χ2n) is 3.07. The molecule has 0 radical (unpaired) electrons. The van der Waals surface area contributed by atoms with E-state index in [0.29, 0.717) is 13.0 Å². The summed E-state index contributed by atoms with van der Waals surface area (Å²) < 4.78 is 0. The molecule has 1 unspecified atom stereocenters. The van der Waals surface area contributed by atoms with Crippen molar-refractivity contribution in [2.24, 2.45) is 0 Å². The summed E-state index contributed by atoms with van der Waals surface area (Å²) in [6.07, 6.45) is 1.27. The van der Waals surface area contributed by atoms with Gasteiger partial charge in [-0.05, 0) is 19.8 Å². The van der Waals surface area contributed by atoms with E-state index in [1.807, 2.05) is 0 Å². The lowest BCUT2D eigenvalue weighted by molar-refractivity contribution is -0.148. The van der Waals surface area contributed by atoms with Gasteiger partial charge in [-0.1, -0.05) is 5.92 Å². The van der Waals surface area contributed by atoms with Gasteiger partial charge in [0.05, 0.1) is 0 Å². The first kappa shape index (κ1) is 9.08. The molecule has 1 aliphatic heterocycles. The number of carbonyl (C=O) groups excluding carboxylic acids is 1. The molecular weight excluding hydrogens is 154 g/mol. The normalized spacial score (nSPS) is 29.6. The molecule has 0 aliphatic carbocycles. The highest BCUT2D eigenvalue weighted by molar-refractivity contribution is 5.88. The highest BCUT2D eigenvalue weighted by Crippen LogP contribution is 2.20. The van der Waals surface area contributed by atoms with Crippen LogP contribution in [0.1, 0.15) is 19.8 Å². The topological polar surface area (TPSA) is 40.5 Å². The summed E-state index contributed by atoms with van der Waals surface area (Å²) in [5.41, 5.74) is -1.41. The zero-order valence-electron chi connectivity index (χ0n) is 7.42. The van der Waals surface area contributed by atoms with Gasteiger partial charge in [-0.3, -0.25) is 4.79 Å². The van der Waals surface area contributed by atoms with Crippen molar-refractivity contribution in [3.8, 4) is 11.8 Å². The predicted molar refractivity (Wildman–Crippen MR) is 45.3 cm³/mol. The largest absolute Gasteiger partial charge is 0.369 e. The number of hydrogen-bond acceptors (Lipinski definition) is 2. The lowest BCUT2D eigenvalue weighted by Crippen LogP contribution is -2.51. The Kier molecular flexibility index (Phi) is 2.39. The first-order valence-electron chi connectivity index (χ1n) is 4.02. The van der Waals surface area contributed by atoms with Crippen LogP contribution in [0.5, 0.6) is 0 Å². The number of rotatable bonds is 0. The van der Waals surface area contributed by atoms with E-state index in [0.717, 1.165) is 6.42 Å². The van der Waals surface area contributed by atoms with Crippen molar-refractivity contribution < 1.29 is 9.90 Å². The summed E-state index contributed by atoms with van der Waals surface area (Å²) in [7, 11) is 1.68. The van der Waals surface area contributed by atoms with Crippen molar-refractivity contribution in [2.75, 3.05) is 13.6 Å². The number of amides is 1. The minimum absolute atomic E-state index is 0.275. The van der Waals surface area contributed by atoms with Crippen LogP contribution in [-0.4, -0.2) is 35.1 Å². The van der Waals surface area contributed by atoms with E-state index >= 15 is 0 Å². The molecule has 0 bridgehead atoms. The number of nitrogens with zero attached hydrogens (tertiary/aromatic N) is 1. The van der Waals surface area contributed by atoms with Gasteiger partial charge in [0, 0.05) is 13.6 Å². The van der Waals surface area contributed by atoms with Gasteiger partial charge in [-0.2, -0.15) is 0 Å². The number of carbonyl (C=O) groups is 1. The van der Waals surface area contributed by atoms with Crippen molar-refractivity contribution in [1.82, 2.24) is 4.90 Å². The third-order valence-electron chi connectivity index (χ3n) is 2.06. The smallest absolute Gasteiger partial charge is 0.266 e. The Morgan fingerprint density at radius 2 is 2.33 bits per heavy atom. The van der Waals surface area contributed by atoms with Gasteiger partial charge in [-0.15, -0.1) is 5.92 Å². The molecule has 0 aromatic rings. The fourth-order valence-electron chi connectivity index (χ4n) is 1.42. The first-order valence-corrected chi connectivity index (χ1v) is 4.02. The van der Waals surface area contributed by atoms with Crippen LogP contribution < -0.4 is 0 Å². The molecule has 0 aromatic carbocycles. The molecule has 1 fully saturated rings. The van der Waals surface area contributed by atoms with Crippen molar-refractivity contribution >= 4 is 5.91 Å². The zero-order valence-corrected chi connectivity index (χ0v) is 7.42. The van der Waals surface area contributed by atoms with Crippen LogP contribution in [0, 0.1) is 11.8 Å². The molecule has 0 spiro atoms. The Labute approximate surface area is 72.4 Å². The van der Waals surface area contributed by atoms with Crippen LogP contribution >= 0.6 is 0 Å². The molecule has 1 saturated heterocycles. The number of hydrogen-bond donors (Lipinski definition) is 1. The standard InChI is InChI=1S/C9H13NO2/c1-3-5-9(12)6-4-7-10(2)8(9)11/h12H,4,6-7H2,1-2H3. The van der Waals surface area contributed by atoms with Crippen molar-refractivity contribution in [2.45, 2.75) is 25.4 Å². The van der Waals surface area contributed by atoms with E-state index in [9.17, 15) is 9.90 Å². The molecule has 1 amide bonds. The molecule has 1 rings (SSSR count). The Hall–Kier alpha value is -1.01. The molecule has 0 saturated carbocycles. The zero-order chi connectivity index (χ0) is 9.19. The van der Waals surface area contributed by atoms with Gasteiger partial charge in [0.15, 0.2) is 0 Å². The molecule has 66 valence electrons. The summed E-state index contributed by atoms with van der Waals surface area (Å²) in [4.78, 5) is 12.9. The average Bonchev–Trinajstić information content (AvgIpc) is 2.01. The van der Waals surface area contributed by atoms with Crippen LogP contribution in [0.25, 0.3) is 0 Å². The molecule has 3 nitrogen and oxygen atoms in total. The lowest BCUT2D eigenvalue weighted by Gasteiger charge is -2.32. The highest BCUT2D eigenvalue weighted by atomic mass is 16.3. The lowest BCUT2D eigenvalue weighted by atomic mass is 9.93. The minimum atomic E-state index is -1.41. The van der Waals surface area contributed by atoms with E-state index < -0.39 is 5.60 Å². The molecule has 1 aliphatic rings. The third-order valence-corrected chi connectivity index (χ3v) is 2.06. The molecule has 3 heteroatoms. The summed E-state index contributed by atoms with van der Waals surface area (Å²) in [6.45, 7) is 2.34. The van der Waals surface area contributed by atoms with Gasteiger partial charge in [0.25, 0.3) is 5.91 Å². The van der Waals surface area contributed by atoms with Gasteiger partial charge in [-0.25, -0.2) is 0 Å². The van der Waals surface area contributed by atoms with Crippen LogP contribution in [0.4, 0.5) is 0 Å². The number of piperidine rings is 1. The Morgan fingerprint density at radius 1 is 1.67 bits per heavy atom.